The Balaban J connectivity index is 2.87. The van der Waals surface area contributed by atoms with Crippen molar-refractivity contribution < 1.29 is 14.6 Å². The van der Waals surface area contributed by atoms with E-state index >= 15 is 0 Å². The molecule has 12 heavy (non-hydrogen) atoms. The van der Waals surface area contributed by atoms with E-state index < -0.39 is 17.5 Å². The highest BCUT2D eigenvalue weighted by Crippen LogP contribution is 2.38. The summed E-state index contributed by atoms with van der Waals surface area (Å²) in [7, 11) is 0. The van der Waals surface area contributed by atoms with E-state index in [1.165, 1.54) is 0 Å². The van der Waals surface area contributed by atoms with Crippen molar-refractivity contribution in [2.24, 2.45) is 11.3 Å². The molecule has 0 aromatic heterocycles. The number of carbonyl (C=O) groups is 1. The lowest BCUT2D eigenvalue weighted by molar-refractivity contribution is -0.148. The Morgan fingerprint density at radius 3 is 2.17 bits per heavy atom. The number of carbonyl (C=O) groups excluding carboxylic acids is 1. The first kappa shape index (κ1) is 9.52. The average molecular weight is 172 g/mol. The standard InChI is InChI=1S/C9H16O3/c1-5(2)7-9(3,4)6(10)8(11)12-7/h5-7,10H,1-4H3. The monoisotopic (exact) mass is 172 g/mol. The van der Waals surface area contributed by atoms with E-state index in [0.717, 1.165) is 0 Å². The number of ether oxygens (including phenoxy) is 1. The van der Waals surface area contributed by atoms with Gasteiger partial charge in [-0.05, 0) is 5.92 Å². The lowest BCUT2D eigenvalue weighted by Crippen LogP contribution is -2.37. The third kappa shape index (κ3) is 1.22. The first-order valence-corrected chi connectivity index (χ1v) is 4.26. The second-order valence-corrected chi connectivity index (χ2v) is 4.33. The van der Waals surface area contributed by atoms with Gasteiger partial charge in [0, 0.05) is 5.41 Å². The molecule has 1 N–H and O–H groups in total. The average Bonchev–Trinajstić information content (AvgIpc) is 2.13. The summed E-state index contributed by atoms with van der Waals surface area (Å²) in [6, 6.07) is 0. The molecule has 0 aliphatic carbocycles. The molecule has 0 amide bonds. The molecule has 70 valence electrons. The number of aliphatic hydroxyl groups is 1. The number of hydrogen-bond acceptors (Lipinski definition) is 3. The van der Waals surface area contributed by atoms with Crippen molar-refractivity contribution in [2.75, 3.05) is 0 Å². The predicted octanol–water partition coefficient (Wildman–Crippen LogP) is 0.955. The topological polar surface area (TPSA) is 46.5 Å². The SMILES string of the molecule is CC(C)C1OC(=O)C(O)C1(C)C. The van der Waals surface area contributed by atoms with Gasteiger partial charge in [-0.2, -0.15) is 0 Å². The highest BCUT2D eigenvalue weighted by molar-refractivity contribution is 5.78. The number of cyclic esters (lactones) is 1. The van der Waals surface area contributed by atoms with E-state index in [1.807, 2.05) is 27.7 Å². The smallest absolute Gasteiger partial charge is 0.335 e. The predicted molar refractivity (Wildman–Crippen MR) is 44.5 cm³/mol. The Hall–Kier alpha value is -0.570. The van der Waals surface area contributed by atoms with E-state index in [1.54, 1.807) is 0 Å². The van der Waals surface area contributed by atoms with Gasteiger partial charge in [-0.3, -0.25) is 0 Å². The molecule has 0 spiro atoms. The van der Waals surface area contributed by atoms with Crippen LogP contribution in [0.5, 0.6) is 0 Å². The van der Waals surface area contributed by atoms with Crippen molar-refractivity contribution in [1.29, 1.82) is 0 Å². The molecular formula is C9H16O3. The van der Waals surface area contributed by atoms with Gasteiger partial charge in [-0.15, -0.1) is 0 Å². The molecule has 1 fully saturated rings. The second-order valence-electron chi connectivity index (χ2n) is 4.33. The largest absolute Gasteiger partial charge is 0.459 e. The molecule has 2 unspecified atom stereocenters. The summed E-state index contributed by atoms with van der Waals surface area (Å²) in [6.07, 6.45) is -1.13. The molecular weight excluding hydrogens is 156 g/mol. The fourth-order valence-corrected chi connectivity index (χ4v) is 1.80. The van der Waals surface area contributed by atoms with Gasteiger partial charge in [0.25, 0.3) is 0 Å². The van der Waals surface area contributed by atoms with Crippen LogP contribution in [0, 0.1) is 11.3 Å². The molecule has 1 rings (SSSR count). The van der Waals surface area contributed by atoms with Crippen LogP contribution >= 0.6 is 0 Å². The zero-order chi connectivity index (χ0) is 9.52. The lowest BCUT2D eigenvalue weighted by Gasteiger charge is -2.28. The van der Waals surface area contributed by atoms with Gasteiger partial charge in [0.15, 0.2) is 6.10 Å². The molecule has 0 bridgehead atoms. The third-order valence-electron chi connectivity index (χ3n) is 2.51. The summed E-state index contributed by atoms with van der Waals surface area (Å²) >= 11 is 0. The van der Waals surface area contributed by atoms with E-state index in [2.05, 4.69) is 0 Å². The van der Waals surface area contributed by atoms with Crippen LogP contribution in [-0.2, 0) is 9.53 Å². The van der Waals surface area contributed by atoms with Crippen LogP contribution < -0.4 is 0 Å². The van der Waals surface area contributed by atoms with Crippen LogP contribution in [0.2, 0.25) is 0 Å². The molecule has 0 aromatic carbocycles. The Bertz CT molecular complexity index is 196. The van der Waals surface area contributed by atoms with Crippen molar-refractivity contribution in [3.05, 3.63) is 0 Å². The van der Waals surface area contributed by atoms with Gasteiger partial charge >= 0.3 is 5.97 Å². The first-order chi connectivity index (χ1) is 5.37. The zero-order valence-electron chi connectivity index (χ0n) is 8.00. The molecule has 0 saturated carbocycles. The summed E-state index contributed by atoms with van der Waals surface area (Å²) in [6.45, 7) is 7.68. The molecule has 3 heteroatoms. The fourth-order valence-electron chi connectivity index (χ4n) is 1.80. The minimum absolute atomic E-state index is 0.167. The van der Waals surface area contributed by atoms with Gasteiger partial charge in [-0.25, -0.2) is 4.79 Å². The lowest BCUT2D eigenvalue weighted by atomic mass is 9.78. The highest BCUT2D eigenvalue weighted by atomic mass is 16.6. The van der Waals surface area contributed by atoms with Crippen LogP contribution in [0.1, 0.15) is 27.7 Å². The van der Waals surface area contributed by atoms with Crippen molar-refractivity contribution in [1.82, 2.24) is 0 Å². The minimum atomic E-state index is -0.968. The van der Waals surface area contributed by atoms with Crippen LogP contribution in [-0.4, -0.2) is 23.3 Å². The molecule has 0 aromatic rings. The molecule has 1 saturated heterocycles. The molecule has 1 heterocycles. The van der Waals surface area contributed by atoms with Gasteiger partial charge in [0.2, 0.25) is 0 Å². The maximum atomic E-state index is 11.0. The maximum absolute atomic E-state index is 11.0. The Labute approximate surface area is 72.7 Å². The van der Waals surface area contributed by atoms with Crippen molar-refractivity contribution in [3.8, 4) is 0 Å². The number of rotatable bonds is 1. The van der Waals surface area contributed by atoms with Crippen LogP contribution in [0.15, 0.2) is 0 Å². The number of esters is 1. The van der Waals surface area contributed by atoms with Crippen molar-refractivity contribution in [3.63, 3.8) is 0 Å². The van der Waals surface area contributed by atoms with E-state index in [0.29, 0.717) is 0 Å². The molecule has 2 atom stereocenters. The molecule has 3 nitrogen and oxygen atoms in total. The summed E-state index contributed by atoms with van der Waals surface area (Å²) in [5.74, 6) is -0.236. The summed E-state index contributed by atoms with van der Waals surface area (Å²) in [5.41, 5.74) is -0.453. The van der Waals surface area contributed by atoms with E-state index in [-0.39, 0.29) is 12.0 Å². The van der Waals surface area contributed by atoms with Crippen molar-refractivity contribution in [2.45, 2.75) is 39.9 Å². The fraction of sp³-hybridized carbons (Fsp3) is 0.889. The Kier molecular flexibility index (Phi) is 2.17. The van der Waals surface area contributed by atoms with Crippen LogP contribution in [0.4, 0.5) is 0 Å². The van der Waals surface area contributed by atoms with Crippen LogP contribution in [0.25, 0.3) is 0 Å². The van der Waals surface area contributed by atoms with E-state index in [4.69, 9.17) is 4.74 Å². The van der Waals surface area contributed by atoms with Gasteiger partial charge in [0.1, 0.15) is 6.10 Å². The number of hydrogen-bond donors (Lipinski definition) is 1. The van der Waals surface area contributed by atoms with Gasteiger partial charge in [-0.1, -0.05) is 27.7 Å². The zero-order valence-corrected chi connectivity index (χ0v) is 8.00. The third-order valence-corrected chi connectivity index (χ3v) is 2.51. The van der Waals surface area contributed by atoms with Gasteiger partial charge in [0.05, 0.1) is 0 Å². The van der Waals surface area contributed by atoms with Crippen molar-refractivity contribution >= 4 is 5.97 Å². The van der Waals surface area contributed by atoms with Crippen LogP contribution in [0.3, 0.4) is 0 Å². The Morgan fingerprint density at radius 2 is 2.00 bits per heavy atom. The summed E-state index contributed by atoms with van der Waals surface area (Å²) in [5, 5.41) is 9.47. The maximum Gasteiger partial charge on any atom is 0.335 e. The summed E-state index contributed by atoms with van der Waals surface area (Å²) in [4.78, 5) is 11.0. The van der Waals surface area contributed by atoms with Gasteiger partial charge < -0.3 is 9.84 Å². The first-order valence-electron chi connectivity index (χ1n) is 4.26. The molecule has 0 radical (unpaired) electrons. The molecule has 1 aliphatic rings. The van der Waals surface area contributed by atoms with E-state index in [9.17, 15) is 9.90 Å². The summed E-state index contributed by atoms with van der Waals surface area (Å²) < 4.78 is 5.06. The normalized spacial score (nSPS) is 34.0. The number of aliphatic hydroxyl groups excluding tert-OH is 1. The quantitative estimate of drug-likeness (QED) is 0.599. The minimum Gasteiger partial charge on any atom is -0.459 e. The molecule has 1 aliphatic heterocycles. The Morgan fingerprint density at radius 1 is 1.50 bits per heavy atom. The highest BCUT2D eigenvalue weighted by Gasteiger charge is 2.51. The second kappa shape index (κ2) is 2.73.